The maximum absolute atomic E-state index is 6.57. The van der Waals surface area contributed by atoms with Crippen molar-refractivity contribution in [2.45, 2.75) is 11.3 Å². The SMILES string of the molecule is COc1ccc(C2=NC(c3ccc(Cl)cc3)(C3(c4ccc(Cl)cc4)N=C(c4ccc(OC)cc4)C(c4ccc(OC)cc4)=N3)N=C2c2ccc(OC)cc2)cc1. The Morgan fingerprint density at radius 3 is 0.732 bits per heavy atom. The molecule has 278 valence electrons. The van der Waals surface area contributed by atoms with Gasteiger partial charge in [0.05, 0.1) is 51.3 Å². The van der Waals surface area contributed by atoms with E-state index in [-0.39, 0.29) is 0 Å². The minimum atomic E-state index is -1.51. The van der Waals surface area contributed by atoms with E-state index in [1.165, 1.54) is 0 Å². The standard InChI is InChI=1S/C46H36Cl2N4O4/c1-53-37-21-5-29(6-22-37)41-42(30-7-23-38(54-2)24-8-30)50-45(49-41,33-13-17-35(47)18-14-33)46(34-15-19-36(48)20-16-34)51-43(31-9-25-39(55-3)26-10-31)44(52-46)32-11-27-40(56-4)28-12-32/h5-28H,1-4H3. The zero-order chi connectivity index (χ0) is 38.9. The maximum Gasteiger partial charge on any atom is 0.226 e. The number of rotatable bonds is 11. The van der Waals surface area contributed by atoms with Crippen molar-refractivity contribution < 1.29 is 18.9 Å². The van der Waals surface area contributed by atoms with Crippen LogP contribution in [-0.4, -0.2) is 51.3 Å². The smallest absolute Gasteiger partial charge is 0.226 e. The van der Waals surface area contributed by atoms with Gasteiger partial charge in [0.15, 0.2) is 0 Å². The third-order valence-electron chi connectivity index (χ3n) is 9.98. The highest BCUT2D eigenvalue weighted by molar-refractivity contribution is 6.56. The van der Waals surface area contributed by atoms with E-state index in [1.807, 2.05) is 146 Å². The molecule has 0 aromatic heterocycles. The van der Waals surface area contributed by atoms with E-state index in [0.717, 1.165) is 56.4 Å². The minimum absolute atomic E-state index is 0.567. The summed E-state index contributed by atoms with van der Waals surface area (Å²) < 4.78 is 22.1. The summed E-state index contributed by atoms with van der Waals surface area (Å²) in [5.41, 5.74) is 4.35. The summed E-state index contributed by atoms with van der Waals surface area (Å²) in [5.74, 6) is 2.87. The van der Waals surface area contributed by atoms with Crippen LogP contribution in [0.2, 0.25) is 10.0 Å². The molecular weight excluding hydrogens is 743 g/mol. The molecule has 6 aromatic carbocycles. The molecule has 10 heteroatoms. The predicted octanol–water partition coefficient (Wildman–Crippen LogP) is 10.0. The summed E-state index contributed by atoms with van der Waals surface area (Å²) in [7, 11) is 6.57. The summed E-state index contributed by atoms with van der Waals surface area (Å²) in [5, 5.41) is 1.13. The van der Waals surface area contributed by atoms with Crippen molar-refractivity contribution in [1.82, 2.24) is 0 Å². The average molecular weight is 780 g/mol. The van der Waals surface area contributed by atoms with Crippen molar-refractivity contribution in [3.8, 4) is 23.0 Å². The van der Waals surface area contributed by atoms with Gasteiger partial charge >= 0.3 is 0 Å². The molecule has 0 fully saturated rings. The molecule has 0 saturated heterocycles. The van der Waals surface area contributed by atoms with Gasteiger partial charge in [-0.2, -0.15) is 0 Å². The molecule has 2 heterocycles. The Kier molecular flexibility index (Phi) is 9.93. The molecule has 0 N–H and O–H groups in total. The minimum Gasteiger partial charge on any atom is -0.497 e. The third-order valence-corrected chi connectivity index (χ3v) is 10.5. The molecule has 8 rings (SSSR count). The average Bonchev–Trinajstić information content (AvgIpc) is 3.87. The number of aliphatic imine (C=N–C) groups is 4. The predicted molar refractivity (Wildman–Crippen MR) is 224 cm³/mol. The molecule has 0 saturated carbocycles. The van der Waals surface area contributed by atoms with Gasteiger partial charge in [-0.1, -0.05) is 47.5 Å². The summed E-state index contributed by atoms with van der Waals surface area (Å²) in [6.07, 6.45) is 0. The van der Waals surface area contributed by atoms with Gasteiger partial charge in [0.1, 0.15) is 23.0 Å². The summed E-state index contributed by atoms with van der Waals surface area (Å²) >= 11 is 13.1. The van der Waals surface area contributed by atoms with Crippen molar-refractivity contribution in [3.05, 3.63) is 189 Å². The van der Waals surface area contributed by atoms with Crippen LogP contribution in [0.5, 0.6) is 23.0 Å². The van der Waals surface area contributed by atoms with Crippen molar-refractivity contribution in [1.29, 1.82) is 0 Å². The lowest BCUT2D eigenvalue weighted by Crippen LogP contribution is -2.43. The van der Waals surface area contributed by atoms with E-state index in [1.54, 1.807) is 28.4 Å². The van der Waals surface area contributed by atoms with E-state index >= 15 is 0 Å². The van der Waals surface area contributed by atoms with Crippen LogP contribution in [0.25, 0.3) is 0 Å². The summed E-state index contributed by atoms with van der Waals surface area (Å²) in [4.78, 5) is 22.9. The Morgan fingerprint density at radius 1 is 0.321 bits per heavy atom. The summed E-state index contributed by atoms with van der Waals surface area (Å²) in [6.45, 7) is 0. The van der Waals surface area contributed by atoms with Gasteiger partial charge in [-0.05, 0) is 121 Å². The Balaban J connectivity index is 1.50. The van der Waals surface area contributed by atoms with Crippen molar-refractivity contribution in [2.24, 2.45) is 20.0 Å². The van der Waals surface area contributed by atoms with Gasteiger partial charge in [0, 0.05) is 43.4 Å². The molecule has 0 atom stereocenters. The van der Waals surface area contributed by atoms with Crippen LogP contribution in [0.3, 0.4) is 0 Å². The van der Waals surface area contributed by atoms with Gasteiger partial charge in [-0.3, -0.25) is 0 Å². The molecule has 6 aromatic rings. The van der Waals surface area contributed by atoms with Crippen molar-refractivity contribution in [2.75, 3.05) is 28.4 Å². The van der Waals surface area contributed by atoms with Crippen LogP contribution in [0.15, 0.2) is 166 Å². The van der Waals surface area contributed by atoms with Crippen LogP contribution in [-0.2, 0) is 11.3 Å². The monoisotopic (exact) mass is 778 g/mol. The molecule has 0 aliphatic carbocycles. The number of benzene rings is 6. The quantitative estimate of drug-likeness (QED) is 0.131. The largest absolute Gasteiger partial charge is 0.497 e. The first-order valence-electron chi connectivity index (χ1n) is 17.8. The molecule has 2 aliphatic heterocycles. The second-order valence-electron chi connectivity index (χ2n) is 13.1. The number of hydrogen-bond acceptors (Lipinski definition) is 8. The van der Waals surface area contributed by atoms with E-state index < -0.39 is 11.3 Å². The lowest BCUT2D eigenvalue weighted by atomic mass is 9.82. The van der Waals surface area contributed by atoms with E-state index in [4.69, 9.17) is 62.1 Å². The van der Waals surface area contributed by atoms with Crippen LogP contribution in [0, 0.1) is 0 Å². The zero-order valence-corrected chi connectivity index (χ0v) is 32.5. The van der Waals surface area contributed by atoms with Gasteiger partial charge in [0.2, 0.25) is 11.3 Å². The Hall–Kier alpha value is -6.22. The highest BCUT2D eigenvalue weighted by Gasteiger charge is 2.60. The summed E-state index contributed by atoms with van der Waals surface area (Å²) in [6, 6.07) is 46.3. The second-order valence-corrected chi connectivity index (χ2v) is 14.0. The first kappa shape index (κ1) is 36.7. The highest BCUT2D eigenvalue weighted by Crippen LogP contribution is 2.55. The lowest BCUT2D eigenvalue weighted by Gasteiger charge is -2.38. The molecule has 8 nitrogen and oxygen atoms in total. The van der Waals surface area contributed by atoms with Crippen LogP contribution < -0.4 is 18.9 Å². The van der Waals surface area contributed by atoms with E-state index in [0.29, 0.717) is 32.9 Å². The Bertz CT molecular complexity index is 2190. The van der Waals surface area contributed by atoms with Gasteiger partial charge < -0.3 is 18.9 Å². The van der Waals surface area contributed by atoms with E-state index in [2.05, 4.69) is 0 Å². The first-order valence-corrected chi connectivity index (χ1v) is 18.6. The maximum atomic E-state index is 6.57. The van der Waals surface area contributed by atoms with Gasteiger partial charge in [0.25, 0.3) is 0 Å². The Labute approximate surface area is 335 Å². The van der Waals surface area contributed by atoms with Crippen LogP contribution >= 0.6 is 23.2 Å². The molecule has 2 aliphatic rings. The highest BCUT2D eigenvalue weighted by atomic mass is 35.5. The number of methoxy groups -OCH3 is 4. The number of nitrogens with zero attached hydrogens (tertiary/aromatic N) is 4. The van der Waals surface area contributed by atoms with Crippen molar-refractivity contribution in [3.63, 3.8) is 0 Å². The first-order chi connectivity index (χ1) is 27.3. The lowest BCUT2D eigenvalue weighted by molar-refractivity contribution is 0.257. The topological polar surface area (TPSA) is 86.4 Å². The molecule has 0 unspecified atom stereocenters. The van der Waals surface area contributed by atoms with Gasteiger partial charge in [-0.15, -0.1) is 0 Å². The van der Waals surface area contributed by atoms with Gasteiger partial charge in [-0.25, -0.2) is 20.0 Å². The molecular formula is C46H36Cl2N4O4. The second kappa shape index (κ2) is 15.1. The number of hydrogen-bond donors (Lipinski definition) is 0. The third kappa shape index (κ3) is 6.51. The molecule has 56 heavy (non-hydrogen) atoms. The fourth-order valence-electron chi connectivity index (χ4n) is 7.05. The van der Waals surface area contributed by atoms with Crippen LogP contribution in [0.4, 0.5) is 0 Å². The molecule has 0 spiro atoms. The van der Waals surface area contributed by atoms with Crippen LogP contribution in [0.1, 0.15) is 33.4 Å². The van der Waals surface area contributed by atoms with E-state index in [9.17, 15) is 0 Å². The fraction of sp³-hybridized carbons (Fsp3) is 0.130. The number of ether oxygens (including phenoxy) is 4. The normalized spacial score (nSPS) is 15.3. The molecule has 0 bridgehead atoms. The number of halogens is 2. The molecule has 0 amide bonds. The van der Waals surface area contributed by atoms with Crippen molar-refractivity contribution >= 4 is 46.0 Å². The Morgan fingerprint density at radius 2 is 0.536 bits per heavy atom. The zero-order valence-electron chi connectivity index (χ0n) is 31.0. The molecule has 0 radical (unpaired) electrons. The fourth-order valence-corrected chi connectivity index (χ4v) is 7.30.